The molecule has 0 fully saturated rings. The number of amides is 1. The van der Waals surface area contributed by atoms with Crippen molar-refractivity contribution in [2.24, 2.45) is 0 Å². The highest BCUT2D eigenvalue weighted by atomic mass is 16.7. The Hall–Kier alpha value is -3.81. The standard InChI is InChI=1S/C22H21N3O5/c1-15(16-7-9-19-20(13-16)30-14-29-19)23-22(27)18-8-10-21(26)25(24-18)11-12-28-17-5-3-2-4-6-17/h2-10,13,15H,11-12,14H2,1H3,(H,23,27). The zero-order valence-corrected chi connectivity index (χ0v) is 16.4. The lowest BCUT2D eigenvalue weighted by Gasteiger charge is -2.15. The summed E-state index contributed by atoms with van der Waals surface area (Å²) in [5.74, 6) is 1.66. The van der Waals surface area contributed by atoms with E-state index < -0.39 is 0 Å². The molecule has 8 nitrogen and oxygen atoms in total. The van der Waals surface area contributed by atoms with E-state index in [2.05, 4.69) is 10.4 Å². The summed E-state index contributed by atoms with van der Waals surface area (Å²) < 4.78 is 17.5. The van der Waals surface area contributed by atoms with Crippen molar-refractivity contribution in [3.63, 3.8) is 0 Å². The first kappa shape index (κ1) is 19.5. The number of fused-ring (bicyclic) bond motifs is 1. The Balaban J connectivity index is 1.40. The Morgan fingerprint density at radius 3 is 2.77 bits per heavy atom. The number of rotatable bonds is 7. The van der Waals surface area contributed by atoms with E-state index in [9.17, 15) is 9.59 Å². The molecule has 30 heavy (non-hydrogen) atoms. The molecule has 0 bridgehead atoms. The summed E-state index contributed by atoms with van der Waals surface area (Å²) in [5, 5.41) is 7.06. The third-order valence-electron chi connectivity index (χ3n) is 4.66. The molecule has 8 heteroatoms. The Kier molecular flexibility index (Phi) is 5.65. The fourth-order valence-electron chi connectivity index (χ4n) is 3.03. The van der Waals surface area contributed by atoms with Gasteiger partial charge in [-0.1, -0.05) is 24.3 Å². The first-order valence-electron chi connectivity index (χ1n) is 9.56. The molecule has 4 rings (SSSR count). The van der Waals surface area contributed by atoms with E-state index in [-0.39, 0.29) is 43.1 Å². The second kappa shape index (κ2) is 8.69. The van der Waals surface area contributed by atoms with E-state index in [4.69, 9.17) is 14.2 Å². The van der Waals surface area contributed by atoms with Gasteiger partial charge in [0.25, 0.3) is 11.5 Å². The summed E-state index contributed by atoms with van der Waals surface area (Å²) >= 11 is 0. The largest absolute Gasteiger partial charge is 0.492 e. The van der Waals surface area contributed by atoms with Gasteiger partial charge < -0.3 is 19.5 Å². The molecule has 0 saturated heterocycles. The fourth-order valence-corrected chi connectivity index (χ4v) is 3.03. The van der Waals surface area contributed by atoms with Gasteiger partial charge in [-0.05, 0) is 42.8 Å². The molecule has 0 saturated carbocycles. The first-order chi connectivity index (χ1) is 14.6. The highest BCUT2D eigenvalue weighted by Crippen LogP contribution is 2.34. The third-order valence-corrected chi connectivity index (χ3v) is 4.66. The number of nitrogens with one attached hydrogen (secondary N) is 1. The molecule has 1 amide bonds. The van der Waals surface area contributed by atoms with Crippen molar-refractivity contribution in [2.45, 2.75) is 19.5 Å². The van der Waals surface area contributed by atoms with Gasteiger partial charge in [0.2, 0.25) is 6.79 Å². The van der Waals surface area contributed by atoms with Crippen LogP contribution in [-0.2, 0) is 6.54 Å². The number of hydrogen-bond acceptors (Lipinski definition) is 6. The second-order valence-electron chi connectivity index (χ2n) is 6.75. The summed E-state index contributed by atoms with van der Waals surface area (Å²) in [6.07, 6.45) is 0. The Morgan fingerprint density at radius 2 is 1.93 bits per heavy atom. The van der Waals surface area contributed by atoms with Crippen molar-refractivity contribution in [2.75, 3.05) is 13.4 Å². The van der Waals surface area contributed by atoms with Gasteiger partial charge in [-0.15, -0.1) is 0 Å². The minimum atomic E-state index is -0.377. The molecule has 1 aliphatic heterocycles. The predicted octanol–water partition coefficient (Wildman–Crippen LogP) is 2.54. The normalized spacial score (nSPS) is 13.0. The van der Waals surface area contributed by atoms with Crippen LogP contribution in [0.2, 0.25) is 0 Å². The molecule has 0 radical (unpaired) electrons. The number of aromatic nitrogens is 2. The predicted molar refractivity (Wildman–Crippen MR) is 109 cm³/mol. The van der Waals surface area contributed by atoms with E-state index >= 15 is 0 Å². The van der Waals surface area contributed by atoms with Crippen LogP contribution in [0.1, 0.15) is 29.0 Å². The highest BCUT2D eigenvalue weighted by molar-refractivity contribution is 5.92. The van der Waals surface area contributed by atoms with Gasteiger partial charge in [0.15, 0.2) is 11.5 Å². The number of carbonyl (C=O) groups is 1. The summed E-state index contributed by atoms with van der Waals surface area (Å²) in [5.41, 5.74) is 0.728. The lowest BCUT2D eigenvalue weighted by atomic mass is 10.1. The molecule has 154 valence electrons. The molecular weight excluding hydrogens is 386 g/mol. The molecule has 0 aliphatic carbocycles. The van der Waals surface area contributed by atoms with Gasteiger partial charge in [-0.25, -0.2) is 4.68 Å². The summed E-state index contributed by atoms with van der Waals surface area (Å²) in [7, 11) is 0. The second-order valence-corrected chi connectivity index (χ2v) is 6.75. The van der Waals surface area contributed by atoms with Crippen LogP contribution in [0.4, 0.5) is 0 Å². The van der Waals surface area contributed by atoms with Gasteiger partial charge in [0.05, 0.1) is 12.6 Å². The monoisotopic (exact) mass is 407 g/mol. The first-order valence-corrected chi connectivity index (χ1v) is 9.56. The van der Waals surface area contributed by atoms with Gasteiger partial charge in [0, 0.05) is 6.07 Å². The van der Waals surface area contributed by atoms with Gasteiger partial charge in [-0.3, -0.25) is 9.59 Å². The van der Waals surface area contributed by atoms with Crippen LogP contribution in [0.5, 0.6) is 17.2 Å². The molecule has 1 atom stereocenters. The van der Waals surface area contributed by atoms with Crippen LogP contribution in [0.25, 0.3) is 0 Å². The van der Waals surface area contributed by atoms with Crippen LogP contribution in [0.15, 0.2) is 65.5 Å². The van der Waals surface area contributed by atoms with Crippen molar-refractivity contribution in [1.82, 2.24) is 15.1 Å². The molecule has 2 heterocycles. The topological polar surface area (TPSA) is 91.7 Å². The Bertz CT molecular complexity index is 1100. The quantitative estimate of drug-likeness (QED) is 0.647. The highest BCUT2D eigenvalue weighted by Gasteiger charge is 2.18. The SMILES string of the molecule is CC(NC(=O)c1ccc(=O)n(CCOc2ccccc2)n1)c1ccc2c(c1)OCO2. The molecule has 2 aromatic carbocycles. The van der Waals surface area contributed by atoms with Crippen LogP contribution in [-0.4, -0.2) is 29.1 Å². The smallest absolute Gasteiger partial charge is 0.272 e. The van der Waals surface area contributed by atoms with Crippen LogP contribution in [0, 0.1) is 0 Å². The molecule has 0 spiro atoms. The lowest BCUT2D eigenvalue weighted by Crippen LogP contribution is -2.32. The maximum atomic E-state index is 12.6. The van der Waals surface area contributed by atoms with E-state index in [1.807, 2.05) is 55.5 Å². The average molecular weight is 407 g/mol. The minimum Gasteiger partial charge on any atom is -0.492 e. The van der Waals surface area contributed by atoms with Crippen molar-refractivity contribution < 1.29 is 19.0 Å². The van der Waals surface area contributed by atoms with E-state index in [0.29, 0.717) is 17.2 Å². The zero-order valence-electron chi connectivity index (χ0n) is 16.4. The molecule has 1 unspecified atom stereocenters. The van der Waals surface area contributed by atoms with Crippen molar-refractivity contribution in [3.8, 4) is 17.2 Å². The van der Waals surface area contributed by atoms with Gasteiger partial charge in [-0.2, -0.15) is 5.10 Å². The lowest BCUT2D eigenvalue weighted by molar-refractivity contribution is 0.0931. The summed E-state index contributed by atoms with van der Waals surface area (Å²) in [6, 6.07) is 17.3. The minimum absolute atomic E-state index is 0.155. The van der Waals surface area contributed by atoms with Crippen molar-refractivity contribution in [1.29, 1.82) is 0 Å². The fraction of sp³-hybridized carbons (Fsp3) is 0.227. The Labute approximate surface area is 173 Å². The van der Waals surface area contributed by atoms with Crippen molar-refractivity contribution >= 4 is 5.91 Å². The van der Waals surface area contributed by atoms with Gasteiger partial charge >= 0.3 is 0 Å². The maximum Gasteiger partial charge on any atom is 0.272 e. The molecule has 1 aromatic heterocycles. The third kappa shape index (κ3) is 4.43. The van der Waals surface area contributed by atoms with Crippen LogP contribution < -0.4 is 25.1 Å². The van der Waals surface area contributed by atoms with Crippen molar-refractivity contribution in [3.05, 3.63) is 82.3 Å². The molecule has 3 aromatic rings. The number of hydrogen-bond donors (Lipinski definition) is 1. The summed E-state index contributed by atoms with van der Waals surface area (Å²) in [4.78, 5) is 24.7. The number of benzene rings is 2. The average Bonchev–Trinajstić information content (AvgIpc) is 3.23. The van der Waals surface area contributed by atoms with E-state index in [1.165, 1.54) is 16.8 Å². The summed E-state index contributed by atoms with van der Waals surface area (Å²) in [6.45, 7) is 2.54. The number of ether oxygens (including phenoxy) is 3. The van der Waals surface area contributed by atoms with Crippen LogP contribution in [0.3, 0.4) is 0 Å². The maximum absolute atomic E-state index is 12.6. The molecule has 1 aliphatic rings. The zero-order chi connectivity index (χ0) is 20.9. The van der Waals surface area contributed by atoms with E-state index in [0.717, 1.165) is 5.56 Å². The van der Waals surface area contributed by atoms with Crippen LogP contribution >= 0.6 is 0 Å². The number of para-hydroxylation sites is 1. The Morgan fingerprint density at radius 1 is 1.13 bits per heavy atom. The number of nitrogens with zero attached hydrogens (tertiary/aromatic N) is 2. The number of carbonyl (C=O) groups excluding carboxylic acids is 1. The van der Waals surface area contributed by atoms with E-state index in [1.54, 1.807) is 0 Å². The van der Waals surface area contributed by atoms with Gasteiger partial charge in [0.1, 0.15) is 18.1 Å². The molecular formula is C22H21N3O5. The molecule has 1 N–H and O–H groups in total.